The Morgan fingerprint density at radius 3 is 2.79 bits per heavy atom. The predicted molar refractivity (Wildman–Crippen MR) is 108 cm³/mol. The third kappa shape index (κ3) is 5.00. The van der Waals surface area contributed by atoms with Crippen LogP contribution in [-0.4, -0.2) is 41.7 Å². The molecule has 2 aromatic heterocycles. The van der Waals surface area contributed by atoms with Crippen LogP contribution in [0.25, 0.3) is 0 Å². The van der Waals surface area contributed by atoms with Crippen LogP contribution in [0.3, 0.4) is 0 Å². The topological polar surface area (TPSA) is 66.7 Å². The normalized spacial score (nSPS) is 17.0. The lowest BCUT2D eigenvalue weighted by molar-refractivity contribution is -0.124. The second-order valence-electron chi connectivity index (χ2n) is 8.05. The molecule has 0 radical (unpaired) electrons. The largest absolute Gasteiger partial charge is 0.472 e. The van der Waals surface area contributed by atoms with Gasteiger partial charge < -0.3 is 14.2 Å². The fraction of sp³-hybridized carbons (Fsp3) is 0.500. The van der Waals surface area contributed by atoms with Crippen LogP contribution in [0.2, 0.25) is 0 Å². The summed E-state index contributed by atoms with van der Waals surface area (Å²) in [7, 11) is 1.95. The molecule has 0 bridgehead atoms. The summed E-state index contributed by atoms with van der Waals surface area (Å²) in [6.45, 7) is 6.02. The summed E-state index contributed by atoms with van der Waals surface area (Å²) in [5, 5.41) is 0. The Kier molecular flexibility index (Phi) is 6.49. The van der Waals surface area contributed by atoms with Crippen LogP contribution < -0.4 is 4.90 Å². The van der Waals surface area contributed by atoms with Crippen molar-refractivity contribution in [1.82, 2.24) is 9.88 Å². The predicted octanol–water partition coefficient (Wildman–Crippen LogP) is 3.78. The third-order valence-corrected chi connectivity index (χ3v) is 5.16. The van der Waals surface area contributed by atoms with Crippen molar-refractivity contribution in [3.63, 3.8) is 0 Å². The molecule has 0 spiro atoms. The highest BCUT2D eigenvalue weighted by molar-refractivity contribution is 5.94. The van der Waals surface area contributed by atoms with Gasteiger partial charge in [0.2, 0.25) is 0 Å². The van der Waals surface area contributed by atoms with Gasteiger partial charge >= 0.3 is 0 Å². The van der Waals surface area contributed by atoms with E-state index in [-0.39, 0.29) is 17.6 Å². The average Bonchev–Trinajstić information content (AvgIpc) is 3.20. The number of likely N-dealkylation sites (tertiary alicyclic amines) is 1. The Bertz CT molecular complexity index is 784. The van der Waals surface area contributed by atoms with E-state index in [1.807, 2.05) is 30.1 Å². The number of carbonyl (C=O) groups is 2. The fourth-order valence-corrected chi connectivity index (χ4v) is 3.65. The van der Waals surface area contributed by atoms with Crippen LogP contribution in [0.5, 0.6) is 0 Å². The van der Waals surface area contributed by atoms with Crippen LogP contribution >= 0.6 is 0 Å². The number of Topliss-reactive ketones (excluding diaryl/α,β-unsaturated/α-hetero) is 1. The number of piperidine rings is 1. The van der Waals surface area contributed by atoms with Gasteiger partial charge in [-0.3, -0.25) is 9.59 Å². The summed E-state index contributed by atoms with van der Waals surface area (Å²) < 4.78 is 5.09. The number of pyridine rings is 1. The van der Waals surface area contributed by atoms with E-state index in [4.69, 9.17) is 4.42 Å². The Morgan fingerprint density at radius 2 is 2.14 bits per heavy atom. The highest BCUT2D eigenvalue weighted by atomic mass is 16.3. The molecule has 0 N–H and O–H groups in total. The summed E-state index contributed by atoms with van der Waals surface area (Å²) in [4.78, 5) is 33.5. The first-order chi connectivity index (χ1) is 13.4. The quantitative estimate of drug-likeness (QED) is 0.728. The van der Waals surface area contributed by atoms with Gasteiger partial charge in [-0.15, -0.1) is 0 Å². The first-order valence-corrected chi connectivity index (χ1v) is 9.94. The lowest BCUT2D eigenvalue weighted by Gasteiger charge is -2.32. The summed E-state index contributed by atoms with van der Waals surface area (Å²) in [6.07, 6.45) is 7.33. The van der Waals surface area contributed by atoms with E-state index in [2.05, 4.69) is 18.8 Å². The Labute approximate surface area is 166 Å². The molecular formula is C22H29N3O3. The number of amides is 1. The fourth-order valence-electron chi connectivity index (χ4n) is 3.65. The zero-order valence-corrected chi connectivity index (χ0v) is 16.9. The van der Waals surface area contributed by atoms with Gasteiger partial charge in [0.05, 0.1) is 18.1 Å². The molecule has 0 aromatic carbocycles. The number of furan rings is 1. The summed E-state index contributed by atoms with van der Waals surface area (Å²) in [5.41, 5.74) is 1.63. The maximum atomic E-state index is 12.9. The van der Waals surface area contributed by atoms with E-state index in [9.17, 15) is 9.59 Å². The molecule has 1 fully saturated rings. The van der Waals surface area contributed by atoms with Crippen LogP contribution in [0.1, 0.15) is 49.0 Å². The number of carbonyl (C=O) groups excluding carboxylic acids is 2. The van der Waals surface area contributed by atoms with Crippen molar-refractivity contribution in [1.29, 1.82) is 0 Å². The average molecular weight is 383 g/mol. The molecule has 1 saturated heterocycles. The minimum absolute atomic E-state index is 0.0339. The SMILES string of the molecule is CC(C)CC(=O)[C@H]1CCCN(C(=O)c2ccc(N(C)Cc3ccoc3)nc2)C1. The molecule has 150 valence electrons. The second kappa shape index (κ2) is 9.04. The number of anilines is 1. The summed E-state index contributed by atoms with van der Waals surface area (Å²) >= 11 is 0. The standard InChI is InChI=1S/C22H29N3O3/c1-16(2)11-20(26)19-5-4-9-25(14-19)22(27)18-6-7-21(23-12-18)24(3)13-17-8-10-28-15-17/h6-8,10,12,15-16,19H,4-5,9,11,13-14H2,1-3H3/t19-/m0/s1. The van der Waals surface area contributed by atoms with Gasteiger partial charge in [-0.05, 0) is 37.0 Å². The van der Waals surface area contributed by atoms with Gasteiger partial charge in [0, 0.05) is 50.8 Å². The summed E-state index contributed by atoms with van der Waals surface area (Å²) in [6, 6.07) is 5.59. The lowest BCUT2D eigenvalue weighted by atomic mass is 9.89. The van der Waals surface area contributed by atoms with Gasteiger partial charge in [0.25, 0.3) is 5.91 Å². The minimum atomic E-state index is -0.0430. The van der Waals surface area contributed by atoms with Gasteiger partial charge in [0.15, 0.2) is 0 Å². The highest BCUT2D eigenvalue weighted by Crippen LogP contribution is 2.22. The molecule has 1 amide bonds. The van der Waals surface area contributed by atoms with Gasteiger partial charge in [-0.1, -0.05) is 13.8 Å². The van der Waals surface area contributed by atoms with Gasteiger partial charge in [-0.2, -0.15) is 0 Å². The van der Waals surface area contributed by atoms with Crippen LogP contribution in [0.15, 0.2) is 41.3 Å². The first kappa shape index (κ1) is 20.1. The van der Waals surface area contributed by atoms with Crippen molar-refractivity contribution >= 4 is 17.5 Å². The zero-order valence-electron chi connectivity index (χ0n) is 16.9. The molecular weight excluding hydrogens is 354 g/mol. The molecule has 0 saturated carbocycles. The number of ketones is 1. The molecule has 2 aromatic rings. The molecule has 1 aliphatic rings. The molecule has 28 heavy (non-hydrogen) atoms. The molecule has 6 nitrogen and oxygen atoms in total. The van der Waals surface area contributed by atoms with Crippen LogP contribution in [0.4, 0.5) is 5.82 Å². The highest BCUT2D eigenvalue weighted by Gasteiger charge is 2.29. The van der Waals surface area contributed by atoms with E-state index >= 15 is 0 Å². The second-order valence-corrected chi connectivity index (χ2v) is 8.05. The maximum Gasteiger partial charge on any atom is 0.255 e. The summed E-state index contributed by atoms with van der Waals surface area (Å²) in [5.74, 6) is 1.35. The minimum Gasteiger partial charge on any atom is -0.472 e. The van der Waals surface area contributed by atoms with E-state index in [0.717, 1.165) is 24.2 Å². The van der Waals surface area contributed by atoms with Crippen molar-refractivity contribution in [2.45, 2.75) is 39.7 Å². The third-order valence-electron chi connectivity index (χ3n) is 5.16. The molecule has 3 rings (SSSR count). The molecule has 1 atom stereocenters. The van der Waals surface area contributed by atoms with Gasteiger partial charge in [0.1, 0.15) is 11.6 Å². The van der Waals surface area contributed by atoms with Crippen molar-refractivity contribution in [2.24, 2.45) is 11.8 Å². The van der Waals surface area contributed by atoms with E-state index < -0.39 is 0 Å². The molecule has 0 aliphatic carbocycles. The Balaban J connectivity index is 1.61. The van der Waals surface area contributed by atoms with E-state index in [1.54, 1.807) is 23.6 Å². The Hall–Kier alpha value is -2.63. The molecule has 6 heteroatoms. The monoisotopic (exact) mass is 383 g/mol. The Morgan fingerprint density at radius 1 is 1.32 bits per heavy atom. The number of hydrogen-bond acceptors (Lipinski definition) is 5. The van der Waals surface area contributed by atoms with Crippen molar-refractivity contribution in [2.75, 3.05) is 25.0 Å². The van der Waals surface area contributed by atoms with E-state index in [1.165, 1.54) is 0 Å². The van der Waals surface area contributed by atoms with Crippen molar-refractivity contribution in [3.05, 3.63) is 48.0 Å². The molecule has 0 unspecified atom stereocenters. The maximum absolute atomic E-state index is 12.9. The zero-order chi connectivity index (χ0) is 20.1. The van der Waals surface area contributed by atoms with E-state index in [0.29, 0.717) is 37.5 Å². The van der Waals surface area contributed by atoms with Crippen LogP contribution in [0, 0.1) is 11.8 Å². The van der Waals surface area contributed by atoms with Gasteiger partial charge in [-0.25, -0.2) is 4.98 Å². The number of nitrogens with zero attached hydrogens (tertiary/aromatic N) is 3. The smallest absolute Gasteiger partial charge is 0.255 e. The number of aromatic nitrogens is 1. The molecule has 1 aliphatic heterocycles. The lowest BCUT2D eigenvalue weighted by Crippen LogP contribution is -2.42. The first-order valence-electron chi connectivity index (χ1n) is 9.94. The number of rotatable bonds is 7. The molecule has 3 heterocycles. The number of hydrogen-bond donors (Lipinski definition) is 0. The van der Waals surface area contributed by atoms with Crippen molar-refractivity contribution in [3.8, 4) is 0 Å². The van der Waals surface area contributed by atoms with Crippen molar-refractivity contribution < 1.29 is 14.0 Å². The van der Waals surface area contributed by atoms with Crippen LogP contribution in [-0.2, 0) is 11.3 Å².